The van der Waals surface area contributed by atoms with E-state index in [1.54, 1.807) is 18.2 Å². The van der Waals surface area contributed by atoms with Gasteiger partial charge in [0.15, 0.2) is 6.61 Å². The van der Waals surface area contributed by atoms with Crippen LogP contribution in [0, 0.1) is 13.8 Å². The molecule has 1 aromatic carbocycles. The molecule has 0 aliphatic heterocycles. The first-order chi connectivity index (χ1) is 9.95. The third-order valence-electron chi connectivity index (χ3n) is 3.47. The van der Waals surface area contributed by atoms with E-state index in [-0.39, 0.29) is 12.4 Å². The molecule has 21 heavy (non-hydrogen) atoms. The Morgan fingerprint density at radius 3 is 2.62 bits per heavy atom. The summed E-state index contributed by atoms with van der Waals surface area (Å²) in [6, 6.07) is 6.99. The van der Waals surface area contributed by atoms with Crippen molar-refractivity contribution in [2.75, 3.05) is 6.61 Å². The Labute approximate surface area is 134 Å². The molecule has 0 aliphatic rings. The number of carbonyl (C=O) groups excluding carboxylic acids is 1. The van der Waals surface area contributed by atoms with Crippen molar-refractivity contribution in [1.82, 2.24) is 4.57 Å². The molecule has 0 amide bonds. The Morgan fingerprint density at radius 1 is 1.29 bits per heavy atom. The molecule has 0 aliphatic carbocycles. The lowest BCUT2D eigenvalue weighted by atomic mass is 10.1. The number of Topliss-reactive ketones (excluding diaryl/α,β-unsaturated/α-hetero) is 1. The number of halogens is 2. The van der Waals surface area contributed by atoms with Crippen LogP contribution < -0.4 is 4.74 Å². The molecule has 0 bridgehead atoms. The van der Waals surface area contributed by atoms with Gasteiger partial charge in [0.25, 0.3) is 0 Å². The number of rotatable bonds is 5. The molecule has 2 rings (SSSR count). The molecule has 0 N–H and O–H groups in total. The number of carbonyl (C=O) groups is 1. The number of hydrogen-bond acceptors (Lipinski definition) is 2. The SMILES string of the molecule is CCn1c(C)cc(C(=O)COc2cccc(Cl)c2Cl)c1C. The van der Waals surface area contributed by atoms with E-state index in [2.05, 4.69) is 11.5 Å². The highest BCUT2D eigenvalue weighted by molar-refractivity contribution is 6.42. The van der Waals surface area contributed by atoms with Crippen LogP contribution >= 0.6 is 23.2 Å². The van der Waals surface area contributed by atoms with E-state index in [9.17, 15) is 4.79 Å². The first-order valence-corrected chi connectivity index (χ1v) is 7.48. The lowest BCUT2D eigenvalue weighted by molar-refractivity contribution is 0.0921. The van der Waals surface area contributed by atoms with Crippen molar-refractivity contribution in [1.29, 1.82) is 0 Å². The molecule has 1 aromatic heterocycles. The van der Waals surface area contributed by atoms with Gasteiger partial charge in [0.05, 0.1) is 5.02 Å². The first kappa shape index (κ1) is 15.9. The topological polar surface area (TPSA) is 31.2 Å². The summed E-state index contributed by atoms with van der Waals surface area (Å²) in [5.74, 6) is 0.348. The summed E-state index contributed by atoms with van der Waals surface area (Å²) in [6.07, 6.45) is 0. The van der Waals surface area contributed by atoms with Gasteiger partial charge in [-0.25, -0.2) is 0 Å². The van der Waals surface area contributed by atoms with E-state index < -0.39 is 0 Å². The number of hydrogen-bond donors (Lipinski definition) is 0. The number of aromatic nitrogens is 1. The first-order valence-electron chi connectivity index (χ1n) is 6.72. The zero-order chi connectivity index (χ0) is 15.6. The number of benzene rings is 1. The zero-order valence-electron chi connectivity index (χ0n) is 12.2. The predicted octanol–water partition coefficient (Wildman–Crippen LogP) is 4.69. The standard InChI is InChI=1S/C16H17Cl2NO2/c1-4-19-10(2)8-12(11(19)3)14(20)9-21-15-7-5-6-13(17)16(15)18/h5-8H,4,9H2,1-3H3. The van der Waals surface area contributed by atoms with Crippen molar-refractivity contribution >= 4 is 29.0 Å². The monoisotopic (exact) mass is 325 g/mol. The normalized spacial score (nSPS) is 10.7. The van der Waals surface area contributed by atoms with E-state index >= 15 is 0 Å². The van der Waals surface area contributed by atoms with Crippen LogP contribution in [0.3, 0.4) is 0 Å². The van der Waals surface area contributed by atoms with Gasteiger partial charge in [-0.3, -0.25) is 4.79 Å². The van der Waals surface area contributed by atoms with Crippen molar-refractivity contribution in [3.8, 4) is 5.75 Å². The second kappa shape index (κ2) is 6.54. The van der Waals surface area contributed by atoms with Crippen LogP contribution in [0.4, 0.5) is 0 Å². The van der Waals surface area contributed by atoms with Gasteiger partial charge >= 0.3 is 0 Å². The van der Waals surface area contributed by atoms with Gasteiger partial charge in [0.1, 0.15) is 10.8 Å². The van der Waals surface area contributed by atoms with E-state index in [1.807, 2.05) is 19.9 Å². The zero-order valence-corrected chi connectivity index (χ0v) is 13.8. The number of nitrogens with zero attached hydrogens (tertiary/aromatic N) is 1. The summed E-state index contributed by atoms with van der Waals surface area (Å²) in [5.41, 5.74) is 2.72. The van der Waals surface area contributed by atoms with Crippen LogP contribution in [0.15, 0.2) is 24.3 Å². The maximum absolute atomic E-state index is 12.3. The van der Waals surface area contributed by atoms with E-state index in [0.29, 0.717) is 21.4 Å². The molecule has 112 valence electrons. The summed E-state index contributed by atoms with van der Waals surface area (Å²) in [4.78, 5) is 12.3. The second-order valence-electron chi connectivity index (χ2n) is 4.79. The minimum atomic E-state index is -0.0705. The number of ketones is 1. The van der Waals surface area contributed by atoms with Crippen molar-refractivity contribution < 1.29 is 9.53 Å². The largest absolute Gasteiger partial charge is 0.484 e. The molecule has 2 aromatic rings. The Morgan fingerprint density at radius 2 is 2.00 bits per heavy atom. The highest BCUT2D eigenvalue weighted by Gasteiger charge is 2.16. The van der Waals surface area contributed by atoms with Crippen molar-refractivity contribution in [3.63, 3.8) is 0 Å². The summed E-state index contributed by atoms with van der Waals surface area (Å²) < 4.78 is 7.59. The van der Waals surface area contributed by atoms with E-state index in [0.717, 1.165) is 17.9 Å². The molecule has 0 fully saturated rings. The maximum atomic E-state index is 12.3. The van der Waals surface area contributed by atoms with E-state index in [1.165, 1.54) is 0 Å². The molecule has 3 nitrogen and oxygen atoms in total. The van der Waals surface area contributed by atoms with Gasteiger partial charge in [0.2, 0.25) is 5.78 Å². The summed E-state index contributed by atoms with van der Waals surface area (Å²) in [5, 5.41) is 0.733. The average Bonchev–Trinajstić information content (AvgIpc) is 2.75. The van der Waals surface area contributed by atoms with Gasteiger partial charge in [-0.05, 0) is 39.0 Å². The highest BCUT2D eigenvalue weighted by Crippen LogP contribution is 2.31. The summed E-state index contributed by atoms with van der Waals surface area (Å²) in [7, 11) is 0. The second-order valence-corrected chi connectivity index (χ2v) is 5.58. The molecule has 5 heteroatoms. The van der Waals surface area contributed by atoms with Gasteiger partial charge < -0.3 is 9.30 Å². The van der Waals surface area contributed by atoms with E-state index in [4.69, 9.17) is 27.9 Å². The Balaban J connectivity index is 2.14. The third-order valence-corrected chi connectivity index (χ3v) is 4.27. The molecule has 0 saturated heterocycles. The molecule has 0 spiro atoms. The molecule has 0 radical (unpaired) electrons. The average molecular weight is 326 g/mol. The van der Waals surface area contributed by atoms with Crippen LogP contribution in [0.1, 0.15) is 28.7 Å². The fraction of sp³-hybridized carbons (Fsp3) is 0.312. The van der Waals surface area contributed by atoms with Gasteiger partial charge in [-0.1, -0.05) is 29.3 Å². The molecular weight excluding hydrogens is 309 g/mol. The van der Waals surface area contributed by atoms with Crippen LogP contribution in [0.25, 0.3) is 0 Å². The van der Waals surface area contributed by atoms with Crippen molar-refractivity contribution in [2.45, 2.75) is 27.3 Å². The molecule has 0 unspecified atom stereocenters. The minimum absolute atomic E-state index is 0.0614. The van der Waals surface area contributed by atoms with Crippen LogP contribution in [-0.2, 0) is 6.54 Å². The smallest absolute Gasteiger partial charge is 0.202 e. The van der Waals surface area contributed by atoms with Crippen LogP contribution in [-0.4, -0.2) is 17.0 Å². The molecule has 1 heterocycles. The third kappa shape index (κ3) is 3.25. The quantitative estimate of drug-likeness (QED) is 0.746. The fourth-order valence-corrected chi connectivity index (χ4v) is 2.73. The molecule has 0 atom stereocenters. The fourth-order valence-electron chi connectivity index (χ4n) is 2.39. The Bertz CT molecular complexity index is 677. The minimum Gasteiger partial charge on any atom is -0.484 e. The van der Waals surface area contributed by atoms with Gasteiger partial charge in [0, 0.05) is 23.5 Å². The lowest BCUT2D eigenvalue weighted by Crippen LogP contribution is -2.13. The van der Waals surface area contributed by atoms with Crippen LogP contribution in [0.5, 0.6) is 5.75 Å². The molecular formula is C16H17Cl2NO2. The Kier molecular flexibility index (Phi) is 4.96. The molecule has 0 saturated carbocycles. The van der Waals surface area contributed by atoms with Gasteiger partial charge in [-0.15, -0.1) is 0 Å². The lowest BCUT2D eigenvalue weighted by Gasteiger charge is -2.09. The number of aryl methyl sites for hydroxylation is 1. The summed E-state index contributed by atoms with van der Waals surface area (Å²) in [6.45, 7) is 6.76. The Hall–Kier alpha value is -1.45. The number of ether oxygens (including phenoxy) is 1. The van der Waals surface area contributed by atoms with Crippen LogP contribution in [0.2, 0.25) is 10.0 Å². The van der Waals surface area contributed by atoms with Crippen molar-refractivity contribution in [3.05, 3.63) is 51.3 Å². The maximum Gasteiger partial charge on any atom is 0.202 e. The predicted molar refractivity (Wildman–Crippen MR) is 85.9 cm³/mol. The van der Waals surface area contributed by atoms with Gasteiger partial charge in [-0.2, -0.15) is 0 Å². The summed E-state index contributed by atoms with van der Waals surface area (Å²) >= 11 is 11.9. The van der Waals surface area contributed by atoms with Crippen molar-refractivity contribution in [2.24, 2.45) is 0 Å². The highest BCUT2D eigenvalue weighted by atomic mass is 35.5.